The van der Waals surface area contributed by atoms with Gasteiger partial charge in [0.1, 0.15) is 6.33 Å². The van der Waals surface area contributed by atoms with Gasteiger partial charge in [-0.05, 0) is 32.4 Å². The lowest BCUT2D eigenvalue weighted by atomic mass is 10.2. The van der Waals surface area contributed by atoms with Gasteiger partial charge in [-0.15, -0.1) is 0 Å². The van der Waals surface area contributed by atoms with E-state index in [0.717, 1.165) is 12.8 Å². The van der Waals surface area contributed by atoms with Crippen molar-refractivity contribution in [3.8, 4) is 0 Å². The van der Waals surface area contributed by atoms with Crippen LogP contribution >= 0.6 is 11.8 Å². The SMILES string of the molecule is CSC1CCC(Nc2ncnc(C)c2F)C1. The average molecular weight is 241 g/mol. The van der Waals surface area contributed by atoms with Crippen LogP contribution in [0.1, 0.15) is 25.0 Å². The molecule has 3 nitrogen and oxygen atoms in total. The molecule has 0 saturated heterocycles. The smallest absolute Gasteiger partial charge is 0.186 e. The maximum atomic E-state index is 13.6. The Balaban J connectivity index is 2.02. The fourth-order valence-electron chi connectivity index (χ4n) is 2.04. The second-order valence-corrected chi connectivity index (χ2v) is 5.27. The summed E-state index contributed by atoms with van der Waals surface area (Å²) in [7, 11) is 0. The number of nitrogens with zero attached hydrogens (tertiary/aromatic N) is 2. The van der Waals surface area contributed by atoms with Crippen LogP contribution in [0.5, 0.6) is 0 Å². The molecule has 0 amide bonds. The Hall–Kier alpha value is -0.840. The average Bonchev–Trinajstić information content (AvgIpc) is 2.73. The van der Waals surface area contributed by atoms with Gasteiger partial charge in [-0.2, -0.15) is 11.8 Å². The Labute approximate surface area is 99.3 Å². The van der Waals surface area contributed by atoms with Gasteiger partial charge in [0, 0.05) is 11.3 Å². The van der Waals surface area contributed by atoms with E-state index in [4.69, 9.17) is 0 Å². The van der Waals surface area contributed by atoms with E-state index in [0.29, 0.717) is 22.8 Å². The zero-order valence-electron chi connectivity index (χ0n) is 9.53. The van der Waals surface area contributed by atoms with Gasteiger partial charge in [0.2, 0.25) is 0 Å². The molecule has 16 heavy (non-hydrogen) atoms. The molecule has 0 radical (unpaired) electrons. The first-order valence-corrected chi connectivity index (χ1v) is 6.76. The molecule has 1 aromatic heterocycles. The van der Waals surface area contributed by atoms with Gasteiger partial charge < -0.3 is 5.32 Å². The summed E-state index contributed by atoms with van der Waals surface area (Å²) in [6.45, 7) is 1.65. The van der Waals surface area contributed by atoms with E-state index in [1.807, 2.05) is 11.8 Å². The summed E-state index contributed by atoms with van der Waals surface area (Å²) >= 11 is 1.89. The molecule has 2 atom stereocenters. The molecule has 1 aliphatic rings. The molecule has 0 bridgehead atoms. The normalized spacial score (nSPS) is 24.7. The highest BCUT2D eigenvalue weighted by Crippen LogP contribution is 2.30. The summed E-state index contributed by atoms with van der Waals surface area (Å²) in [4.78, 5) is 7.76. The van der Waals surface area contributed by atoms with Crippen LogP contribution < -0.4 is 5.32 Å². The molecular formula is C11H16FN3S. The van der Waals surface area contributed by atoms with Crippen LogP contribution in [0.25, 0.3) is 0 Å². The van der Waals surface area contributed by atoms with Gasteiger partial charge in [-0.25, -0.2) is 14.4 Å². The summed E-state index contributed by atoms with van der Waals surface area (Å²) in [5, 5.41) is 3.87. The lowest BCUT2D eigenvalue weighted by Crippen LogP contribution is -2.18. The highest BCUT2D eigenvalue weighted by Gasteiger charge is 2.24. The lowest BCUT2D eigenvalue weighted by Gasteiger charge is -2.14. The molecule has 5 heteroatoms. The first kappa shape index (κ1) is 11.6. The molecule has 2 unspecified atom stereocenters. The van der Waals surface area contributed by atoms with E-state index in [-0.39, 0.29) is 5.82 Å². The van der Waals surface area contributed by atoms with Gasteiger partial charge >= 0.3 is 0 Å². The number of halogens is 1. The van der Waals surface area contributed by atoms with Crippen LogP contribution in [0.2, 0.25) is 0 Å². The van der Waals surface area contributed by atoms with Crippen molar-refractivity contribution < 1.29 is 4.39 Å². The van der Waals surface area contributed by atoms with E-state index in [1.165, 1.54) is 12.7 Å². The highest BCUT2D eigenvalue weighted by atomic mass is 32.2. The number of hydrogen-bond donors (Lipinski definition) is 1. The Kier molecular flexibility index (Phi) is 3.63. The summed E-state index contributed by atoms with van der Waals surface area (Å²) in [6.07, 6.45) is 6.91. The van der Waals surface area contributed by atoms with Crippen molar-refractivity contribution in [1.29, 1.82) is 0 Å². The molecule has 1 saturated carbocycles. The van der Waals surface area contributed by atoms with Crippen LogP contribution in [-0.2, 0) is 0 Å². The molecule has 0 aromatic carbocycles. The number of nitrogens with one attached hydrogen (secondary N) is 1. The number of aromatic nitrogens is 2. The zero-order valence-corrected chi connectivity index (χ0v) is 10.4. The van der Waals surface area contributed by atoms with Crippen molar-refractivity contribution in [2.45, 2.75) is 37.5 Å². The van der Waals surface area contributed by atoms with Gasteiger partial charge in [0.15, 0.2) is 11.6 Å². The first-order valence-electron chi connectivity index (χ1n) is 5.47. The fraction of sp³-hybridized carbons (Fsp3) is 0.636. The van der Waals surface area contributed by atoms with E-state index >= 15 is 0 Å². The topological polar surface area (TPSA) is 37.8 Å². The predicted molar refractivity (Wildman–Crippen MR) is 65.3 cm³/mol. The number of rotatable bonds is 3. The van der Waals surface area contributed by atoms with Gasteiger partial charge in [-0.1, -0.05) is 0 Å². The van der Waals surface area contributed by atoms with E-state index in [1.54, 1.807) is 6.92 Å². The second kappa shape index (κ2) is 4.99. The summed E-state index contributed by atoms with van der Waals surface area (Å²) in [6, 6.07) is 0.348. The van der Waals surface area contributed by atoms with Crippen LogP contribution in [0.3, 0.4) is 0 Å². The Morgan fingerprint density at radius 1 is 1.44 bits per heavy atom. The quantitative estimate of drug-likeness (QED) is 0.882. The minimum Gasteiger partial charge on any atom is -0.365 e. The van der Waals surface area contributed by atoms with Crippen molar-refractivity contribution in [3.05, 3.63) is 17.8 Å². The minimum absolute atomic E-state index is 0.324. The molecule has 1 heterocycles. The van der Waals surface area contributed by atoms with E-state index in [2.05, 4.69) is 21.5 Å². The van der Waals surface area contributed by atoms with Crippen molar-refractivity contribution in [2.24, 2.45) is 0 Å². The third-order valence-electron chi connectivity index (χ3n) is 3.02. The van der Waals surface area contributed by atoms with Crippen LogP contribution in [0.4, 0.5) is 10.2 Å². The molecule has 2 rings (SSSR count). The summed E-state index contributed by atoms with van der Waals surface area (Å²) < 4.78 is 13.6. The monoisotopic (exact) mass is 241 g/mol. The Morgan fingerprint density at radius 2 is 2.25 bits per heavy atom. The number of anilines is 1. The standard InChI is InChI=1S/C11H16FN3S/c1-7-10(12)11(14-6-13-7)15-8-3-4-9(5-8)16-2/h6,8-9H,3-5H2,1-2H3,(H,13,14,15). The molecule has 88 valence electrons. The highest BCUT2D eigenvalue weighted by molar-refractivity contribution is 7.99. The number of hydrogen-bond acceptors (Lipinski definition) is 4. The van der Waals surface area contributed by atoms with Crippen molar-refractivity contribution in [2.75, 3.05) is 11.6 Å². The van der Waals surface area contributed by atoms with E-state index in [9.17, 15) is 4.39 Å². The van der Waals surface area contributed by atoms with Gasteiger partial charge in [0.05, 0.1) is 5.69 Å². The molecule has 1 N–H and O–H groups in total. The number of aryl methyl sites for hydroxylation is 1. The molecule has 1 fully saturated rings. The summed E-state index contributed by atoms with van der Waals surface area (Å²) in [5.41, 5.74) is 0.400. The molecular weight excluding hydrogens is 225 g/mol. The van der Waals surface area contributed by atoms with Crippen molar-refractivity contribution in [3.63, 3.8) is 0 Å². The molecule has 1 aliphatic carbocycles. The van der Waals surface area contributed by atoms with Gasteiger partial charge in [0.25, 0.3) is 0 Å². The van der Waals surface area contributed by atoms with Crippen molar-refractivity contribution >= 4 is 17.6 Å². The second-order valence-electron chi connectivity index (χ2n) is 4.13. The largest absolute Gasteiger partial charge is 0.365 e. The third-order valence-corrected chi connectivity index (χ3v) is 4.12. The molecule has 1 aromatic rings. The van der Waals surface area contributed by atoms with Crippen LogP contribution in [0, 0.1) is 12.7 Å². The van der Waals surface area contributed by atoms with Gasteiger partial charge in [-0.3, -0.25) is 0 Å². The molecule has 0 spiro atoms. The molecule has 0 aliphatic heterocycles. The van der Waals surface area contributed by atoms with Crippen molar-refractivity contribution in [1.82, 2.24) is 9.97 Å². The predicted octanol–water partition coefficient (Wildman–Crippen LogP) is 2.62. The minimum atomic E-state index is -0.324. The zero-order chi connectivity index (χ0) is 11.5. The number of thioether (sulfide) groups is 1. The third kappa shape index (κ3) is 2.45. The fourth-order valence-corrected chi connectivity index (χ4v) is 2.83. The maximum Gasteiger partial charge on any atom is 0.186 e. The van der Waals surface area contributed by atoms with Crippen LogP contribution in [-0.4, -0.2) is 27.5 Å². The van der Waals surface area contributed by atoms with Crippen LogP contribution in [0.15, 0.2) is 6.33 Å². The Morgan fingerprint density at radius 3 is 2.94 bits per heavy atom. The summed E-state index contributed by atoms with van der Waals surface area (Å²) in [5.74, 6) is 0.0226. The first-order chi connectivity index (χ1) is 7.70. The lowest BCUT2D eigenvalue weighted by molar-refractivity contribution is 0.599. The maximum absolute atomic E-state index is 13.6. The van der Waals surface area contributed by atoms with E-state index < -0.39 is 0 Å². The Bertz CT molecular complexity index is 372.